The van der Waals surface area contributed by atoms with Crippen LogP contribution in [0.15, 0.2) is 48.7 Å². The molecule has 1 aromatic heterocycles. The maximum Gasteiger partial charge on any atom is 0.228 e. The van der Waals surface area contributed by atoms with Gasteiger partial charge in [0, 0.05) is 30.4 Å². The number of anilines is 1. The van der Waals surface area contributed by atoms with Crippen molar-refractivity contribution in [2.24, 2.45) is 11.7 Å². The second-order valence-electron chi connectivity index (χ2n) is 4.76. The van der Waals surface area contributed by atoms with Crippen LogP contribution in [0.2, 0.25) is 0 Å². The summed E-state index contributed by atoms with van der Waals surface area (Å²) in [6, 6.07) is 12.9. The molecule has 126 valence electrons. The third kappa shape index (κ3) is 6.86. The van der Waals surface area contributed by atoms with Gasteiger partial charge < -0.3 is 15.8 Å². The molecule has 0 aliphatic rings. The first kappa shape index (κ1) is 21.2. The summed E-state index contributed by atoms with van der Waals surface area (Å²) >= 11 is 0. The molecule has 1 amide bonds. The van der Waals surface area contributed by atoms with Crippen LogP contribution in [0, 0.1) is 5.92 Å². The van der Waals surface area contributed by atoms with Gasteiger partial charge in [0.15, 0.2) is 0 Å². The number of nitrogens with one attached hydrogen (secondary N) is 1. The van der Waals surface area contributed by atoms with Crippen LogP contribution >= 0.6 is 24.8 Å². The number of hydrogen-bond donors (Lipinski definition) is 2. The SMILES string of the molecule is CC(CN)C(=O)Nc1cccc(OCc2ccccn2)c1.Cl.Cl. The van der Waals surface area contributed by atoms with Crippen LogP contribution in [0.5, 0.6) is 5.75 Å². The second-order valence-corrected chi connectivity index (χ2v) is 4.76. The van der Waals surface area contributed by atoms with Gasteiger partial charge in [-0.1, -0.05) is 19.1 Å². The average Bonchev–Trinajstić information content (AvgIpc) is 2.53. The largest absolute Gasteiger partial charge is 0.487 e. The van der Waals surface area contributed by atoms with Gasteiger partial charge in [-0.25, -0.2) is 0 Å². The quantitative estimate of drug-likeness (QED) is 0.832. The van der Waals surface area contributed by atoms with E-state index in [0.29, 0.717) is 24.6 Å². The van der Waals surface area contributed by atoms with Crippen molar-refractivity contribution in [2.75, 3.05) is 11.9 Å². The van der Waals surface area contributed by atoms with E-state index in [-0.39, 0.29) is 36.6 Å². The first-order valence-corrected chi connectivity index (χ1v) is 6.82. The summed E-state index contributed by atoms with van der Waals surface area (Å²) in [5, 5.41) is 2.82. The monoisotopic (exact) mass is 357 g/mol. The fraction of sp³-hybridized carbons (Fsp3) is 0.250. The summed E-state index contributed by atoms with van der Waals surface area (Å²) in [4.78, 5) is 16.0. The summed E-state index contributed by atoms with van der Waals surface area (Å²) in [7, 11) is 0. The molecule has 5 nitrogen and oxygen atoms in total. The Kier molecular flexibility index (Phi) is 9.97. The molecular weight excluding hydrogens is 337 g/mol. The van der Waals surface area contributed by atoms with E-state index in [1.807, 2.05) is 36.4 Å². The third-order valence-electron chi connectivity index (χ3n) is 3.02. The Morgan fingerprint density at radius 2 is 2.04 bits per heavy atom. The zero-order valence-corrected chi connectivity index (χ0v) is 14.4. The number of carbonyl (C=O) groups excluding carboxylic acids is 1. The van der Waals surface area contributed by atoms with Gasteiger partial charge in [-0.15, -0.1) is 24.8 Å². The van der Waals surface area contributed by atoms with Gasteiger partial charge >= 0.3 is 0 Å². The summed E-state index contributed by atoms with van der Waals surface area (Å²) in [6.07, 6.45) is 1.73. The van der Waals surface area contributed by atoms with Crippen molar-refractivity contribution < 1.29 is 9.53 Å². The van der Waals surface area contributed by atoms with E-state index in [0.717, 1.165) is 5.69 Å². The molecule has 3 N–H and O–H groups in total. The van der Waals surface area contributed by atoms with Gasteiger partial charge in [0.25, 0.3) is 0 Å². The van der Waals surface area contributed by atoms with Crippen molar-refractivity contribution in [1.82, 2.24) is 4.98 Å². The number of rotatable bonds is 6. The van der Waals surface area contributed by atoms with Crippen LogP contribution < -0.4 is 15.8 Å². The van der Waals surface area contributed by atoms with Crippen LogP contribution in [-0.4, -0.2) is 17.4 Å². The summed E-state index contributed by atoms with van der Waals surface area (Å²) in [5.41, 5.74) is 7.02. The molecule has 0 fully saturated rings. The van der Waals surface area contributed by atoms with Crippen LogP contribution in [0.25, 0.3) is 0 Å². The Bertz CT molecular complexity index is 597. The maximum atomic E-state index is 11.8. The van der Waals surface area contributed by atoms with E-state index in [2.05, 4.69) is 10.3 Å². The van der Waals surface area contributed by atoms with Gasteiger partial charge in [-0.2, -0.15) is 0 Å². The van der Waals surface area contributed by atoms with Crippen molar-refractivity contribution in [3.8, 4) is 5.75 Å². The Balaban J connectivity index is 0.00000242. The lowest BCUT2D eigenvalue weighted by Gasteiger charge is -2.11. The fourth-order valence-corrected chi connectivity index (χ4v) is 1.68. The van der Waals surface area contributed by atoms with E-state index >= 15 is 0 Å². The summed E-state index contributed by atoms with van der Waals surface area (Å²) in [6.45, 7) is 2.50. The van der Waals surface area contributed by atoms with Crippen LogP contribution in [0.4, 0.5) is 5.69 Å². The number of carbonyl (C=O) groups is 1. The molecule has 23 heavy (non-hydrogen) atoms. The molecular formula is C16H21Cl2N3O2. The molecule has 7 heteroatoms. The molecule has 2 rings (SSSR count). The molecule has 0 bridgehead atoms. The highest BCUT2D eigenvalue weighted by molar-refractivity contribution is 5.92. The average molecular weight is 358 g/mol. The highest BCUT2D eigenvalue weighted by Gasteiger charge is 2.11. The smallest absolute Gasteiger partial charge is 0.228 e. The van der Waals surface area contributed by atoms with Crippen molar-refractivity contribution >= 4 is 36.4 Å². The highest BCUT2D eigenvalue weighted by Crippen LogP contribution is 2.18. The molecule has 1 heterocycles. The topological polar surface area (TPSA) is 77.2 Å². The first-order valence-electron chi connectivity index (χ1n) is 6.82. The Labute approximate surface area is 148 Å². The minimum atomic E-state index is -0.219. The minimum Gasteiger partial charge on any atom is -0.487 e. The van der Waals surface area contributed by atoms with Crippen molar-refractivity contribution in [3.05, 3.63) is 54.4 Å². The number of halogens is 2. The van der Waals surface area contributed by atoms with Crippen LogP contribution in [0.3, 0.4) is 0 Å². The molecule has 1 aromatic carbocycles. The van der Waals surface area contributed by atoms with E-state index in [1.165, 1.54) is 0 Å². The molecule has 0 saturated heterocycles. The molecule has 0 aliphatic carbocycles. The first-order chi connectivity index (χ1) is 10.2. The molecule has 1 unspecified atom stereocenters. The molecule has 2 aromatic rings. The lowest BCUT2D eigenvalue weighted by molar-refractivity contribution is -0.119. The van der Waals surface area contributed by atoms with Crippen LogP contribution in [-0.2, 0) is 11.4 Å². The number of hydrogen-bond acceptors (Lipinski definition) is 4. The van der Waals surface area contributed by atoms with E-state index in [4.69, 9.17) is 10.5 Å². The van der Waals surface area contributed by atoms with Gasteiger partial charge in [0.2, 0.25) is 5.91 Å². The third-order valence-corrected chi connectivity index (χ3v) is 3.02. The lowest BCUT2D eigenvalue weighted by atomic mass is 10.1. The fourth-order valence-electron chi connectivity index (χ4n) is 1.68. The van der Waals surface area contributed by atoms with Crippen molar-refractivity contribution in [1.29, 1.82) is 0 Å². The number of benzene rings is 1. The second kappa shape index (κ2) is 10.8. The Morgan fingerprint density at radius 3 is 2.70 bits per heavy atom. The van der Waals surface area contributed by atoms with E-state index < -0.39 is 0 Å². The number of ether oxygens (including phenoxy) is 1. The number of nitrogens with zero attached hydrogens (tertiary/aromatic N) is 1. The van der Waals surface area contributed by atoms with Gasteiger partial charge in [0.05, 0.1) is 5.69 Å². The maximum absolute atomic E-state index is 11.8. The Morgan fingerprint density at radius 1 is 1.26 bits per heavy atom. The highest BCUT2D eigenvalue weighted by atomic mass is 35.5. The molecule has 0 spiro atoms. The summed E-state index contributed by atoms with van der Waals surface area (Å²) < 4.78 is 5.66. The van der Waals surface area contributed by atoms with E-state index in [1.54, 1.807) is 19.2 Å². The lowest BCUT2D eigenvalue weighted by Crippen LogP contribution is -2.26. The Hall–Kier alpha value is -1.82. The minimum absolute atomic E-state index is 0. The van der Waals surface area contributed by atoms with Crippen molar-refractivity contribution in [3.63, 3.8) is 0 Å². The van der Waals surface area contributed by atoms with E-state index in [9.17, 15) is 4.79 Å². The normalized spacial score (nSPS) is 10.7. The number of amides is 1. The predicted molar refractivity (Wildman–Crippen MR) is 96.4 cm³/mol. The van der Waals surface area contributed by atoms with Crippen molar-refractivity contribution in [2.45, 2.75) is 13.5 Å². The number of pyridine rings is 1. The molecule has 0 aliphatic heterocycles. The van der Waals surface area contributed by atoms with Crippen LogP contribution in [0.1, 0.15) is 12.6 Å². The summed E-state index contributed by atoms with van der Waals surface area (Å²) in [5.74, 6) is 0.362. The van der Waals surface area contributed by atoms with Gasteiger partial charge in [-0.05, 0) is 24.3 Å². The predicted octanol–water partition coefficient (Wildman–Crippen LogP) is 3.04. The molecule has 0 saturated carbocycles. The zero-order chi connectivity index (χ0) is 15.1. The number of aromatic nitrogens is 1. The van der Waals surface area contributed by atoms with Gasteiger partial charge in [0.1, 0.15) is 12.4 Å². The number of nitrogens with two attached hydrogens (primary N) is 1. The zero-order valence-electron chi connectivity index (χ0n) is 12.8. The standard InChI is InChI=1S/C16H19N3O2.2ClH/c1-12(10-17)16(20)19-13-6-4-7-15(9-13)21-11-14-5-2-3-8-18-14;;/h2-9,12H,10-11,17H2,1H3,(H,19,20);2*1H. The molecule has 0 radical (unpaired) electrons. The van der Waals surface area contributed by atoms with Gasteiger partial charge in [-0.3, -0.25) is 9.78 Å². The molecule has 1 atom stereocenters.